The minimum absolute atomic E-state index is 0.204. The van der Waals surface area contributed by atoms with Gasteiger partial charge in [-0.05, 0) is 44.4 Å². The maximum absolute atomic E-state index is 13.1. The number of nitrogens with zero attached hydrogens (tertiary/aromatic N) is 1. The van der Waals surface area contributed by atoms with Gasteiger partial charge < -0.3 is 15.0 Å². The molecule has 2 aliphatic rings. The average molecular weight is 274 g/mol. The van der Waals surface area contributed by atoms with E-state index in [1.165, 1.54) is 0 Å². The number of benzene rings is 1. The van der Waals surface area contributed by atoms with Gasteiger partial charge in [0, 0.05) is 6.54 Å². The lowest BCUT2D eigenvalue weighted by Gasteiger charge is -2.33. The van der Waals surface area contributed by atoms with E-state index < -0.39 is 0 Å². The molecule has 0 aromatic heterocycles. The van der Waals surface area contributed by atoms with Gasteiger partial charge in [-0.1, -0.05) is 19.1 Å². The zero-order chi connectivity index (χ0) is 14.0. The molecule has 1 aromatic rings. The standard InChI is InChI=1S/C16H22N2O2/c1-2-16(9-5-10-17-16)15(19)18-11-6-12-20-14-8-4-3-7-13(14)18/h3-4,7-8,17H,2,5-6,9-12H2,1H3. The van der Waals surface area contributed by atoms with E-state index in [2.05, 4.69) is 12.2 Å². The fourth-order valence-corrected chi connectivity index (χ4v) is 3.24. The van der Waals surface area contributed by atoms with Crippen molar-refractivity contribution in [2.24, 2.45) is 0 Å². The number of rotatable bonds is 2. The molecule has 1 N–H and O–H groups in total. The Labute approximate surface area is 120 Å². The first-order valence-corrected chi connectivity index (χ1v) is 7.56. The molecule has 0 bridgehead atoms. The first-order chi connectivity index (χ1) is 9.77. The van der Waals surface area contributed by atoms with Crippen molar-refractivity contribution in [1.29, 1.82) is 0 Å². The molecule has 1 amide bonds. The van der Waals surface area contributed by atoms with Gasteiger partial charge in [-0.3, -0.25) is 4.79 Å². The van der Waals surface area contributed by atoms with Crippen molar-refractivity contribution >= 4 is 11.6 Å². The van der Waals surface area contributed by atoms with E-state index in [1.807, 2.05) is 29.2 Å². The Bertz CT molecular complexity index is 495. The molecule has 2 heterocycles. The van der Waals surface area contributed by atoms with Crippen molar-refractivity contribution in [3.8, 4) is 5.75 Å². The maximum atomic E-state index is 13.1. The Hall–Kier alpha value is -1.55. The molecule has 2 aliphatic heterocycles. The van der Waals surface area contributed by atoms with Crippen LogP contribution in [0.4, 0.5) is 5.69 Å². The van der Waals surface area contributed by atoms with Gasteiger partial charge in [0.15, 0.2) is 0 Å². The van der Waals surface area contributed by atoms with Crippen molar-refractivity contribution in [3.63, 3.8) is 0 Å². The number of carbonyl (C=O) groups excluding carboxylic acids is 1. The monoisotopic (exact) mass is 274 g/mol. The molecule has 3 rings (SSSR count). The van der Waals surface area contributed by atoms with Crippen molar-refractivity contribution in [2.75, 3.05) is 24.6 Å². The number of para-hydroxylation sites is 2. The third-order valence-electron chi connectivity index (χ3n) is 4.44. The van der Waals surface area contributed by atoms with E-state index in [4.69, 9.17) is 4.74 Å². The summed E-state index contributed by atoms with van der Waals surface area (Å²) < 4.78 is 5.74. The zero-order valence-electron chi connectivity index (χ0n) is 12.0. The summed E-state index contributed by atoms with van der Waals surface area (Å²) >= 11 is 0. The summed E-state index contributed by atoms with van der Waals surface area (Å²) in [6.07, 6.45) is 3.72. The van der Waals surface area contributed by atoms with Gasteiger partial charge in [0.05, 0.1) is 17.8 Å². The predicted molar refractivity (Wildman–Crippen MR) is 79.2 cm³/mol. The number of ether oxygens (including phenoxy) is 1. The Balaban J connectivity index is 1.95. The maximum Gasteiger partial charge on any atom is 0.247 e. The molecule has 4 nitrogen and oxygen atoms in total. The van der Waals surface area contributed by atoms with Crippen LogP contribution < -0.4 is 15.0 Å². The van der Waals surface area contributed by atoms with Crippen molar-refractivity contribution in [2.45, 2.75) is 38.1 Å². The molecule has 0 aliphatic carbocycles. The second kappa shape index (κ2) is 5.44. The predicted octanol–water partition coefficient (Wildman–Crippen LogP) is 2.33. The molecule has 0 radical (unpaired) electrons. The zero-order valence-corrected chi connectivity index (χ0v) is 12.0. The molecular formula is C16H22N2O2. The van der Waals surface area contributed by atoms with Crippen LogP contribution in [-0.2, 0) is 4.79 Å². The van der Waals surface area contributed by atoms with Gasteiger partial charge in [0.25, 0.3) is 0 Å². The third-order valence-corrected chi connectivity index (χ3v) is 4.44. The number of hydrogen-bond acceptors (Lipinski definition) is 3. The lowest BCUT2D eigenvalue weighted by Crippen LogP contribution is -2.55. The number of carbonyl (C=O) groups is 1. The number of amides is 1. The van der Waals surface area contributed by atoms with Crippen LogP contribution in [0.15, 0.2) is 24.3 Å². The first-order valence-electron chi connectivity index (χ1n) is 7.56. The fourth-order valence-electron chi connectivity index (χ4n) is 3.24. The van der Waals surface area contributed by atoms with Gasteiger partial charge in [0.1, 0.15) is 5.75 Å². The van der Waals surface area contributed by atoms with Crippen LogP contribution in [0.5, 0.6) is 5.75 Å². The fraction of sp³-hybridized carbons (Fsp3) is 0.562. The molecular weight excluding hydrogens is 252 g/mol. The quantitative estimate of drug-likeness (QED) is 0.900. The second-order valence-corrected chi connectivity index (χ2v) is 5.59. The van der Waals surface area contributed by atoms with Crippen LogP contribution in [0.25, 0.3) is 0 Å². The molecule has 1 aromatic carbocycles. The van der Waals surface area contributed by atoms with Crippen molar-refractivity contribution in [3.05, 3.63) is 24.3 Å². The van der Waals surface area contributed by atoms with Crippen LogP contribution >= 0.6 is 0 Å². The van der Waals surface area contributed by atoms with E-state index in [0.29, 0.717) is 6.61 Å². The summed E-state index contributed by atoms with van der Waals surface area (Å²) in [7, 11) is 0. The SMILES string of the molecule is CCC1(C(=O)N2CCCOc3ccccc32)CCCN1. The van der Waals surface area contributed by atoms with E-state index in [-0.39, 0.29) is 11.4 Å². The minimum Gasteiger partial charge on any atom is -0.491 e. The van der Waals surface area contributed by atoms with Gasteiger partial charge >= 0.3 is 0 Å². The summed E-state index contributed by atoms with van der Waals surface area (Å²) in [5.74, 6) is 1.03. The van der Waals surface area contributed by atoms with Crippen LogP contribution in [0.3, 0.4) is 0 Å². The van der Waals surface area contributed by atoms with Crippen LogP contribution in [0.1, 0.15) is 32.6 Å². The summed E-state index contributed by atoms with van der Waals surface area (Å²) in [5.41, 5.74) is 0.536. The normalized spacial score (nSPS) is 25.8. The lowest BCUT2D eigenvalue weighted by molar-refractivity contribution is -0.124. The topological polar surface area (TPSA) is 41.6 Å². The number of anilines is 1. The number of nitrogens with one attached hydrogen (secondary N) is 1. The molecule has 1 saturated heterocycles. The molecule has 1 fully saturated rings. The highest BCUT2D eigenvalue weighted by Crippen LogP contribution is 2.34. The van der Waals surface area contributed by atoms with Crippen molar-refractivity contribution < 1.29 is 9.53 Å². The highest BCUT2D eigenvalue weighted by molar-refractivity contribution is 6.01. The van der Waals surface area contributed by atoms with Gasteiger partial charge in [-0.15, -0.1) is 0 Å². The number of hydrogen-bond donors (Lipinski definition) is 1. The van der Waals surface area contributed by atoms with E-state index >= 15 is 0 Å². The molecule has 20 heavy (non-hydrogen) atoms. The van der Waals surface area contributed by atoms with Gasteiger partial charge in [-0.25, -0.2) is 0 Å². The van der Waals surface area contributed by atoms with E-state index in [9.17, 15) is 4.79 Å². The van der Waals surface area contributed by atoms with Gasteiger partial charge in [0.2, 0.25) is 5.91 Å². The Morgan fingerprint density at radius 2 is 2.25 bits per heavy atom. The molecule has 0 saturated carbocycles. The average Bonchev–Trinajstić information content (AvgIpc) is 2.88. The molecule has 108 valence electrons. The lowest BCUT2D eigenvalue weighted by atomic mass is 9.92. The Morgan fingerprint density at radius 3 is 3.00 bits per heavy atom. The smallest absolute Gasteiger partial charge is 0.247 e. The van der Waals surface area contributed by atoms with E-state index in [0.717, 1.165) is 50.2 Å². The number of fused-ring (bicyclic) bond motifs is 1. The Morgan fingerprint density at radius 1 is 1.40 bits per heavy atom. The van der Waals surface area contributed by atoms with Crippen LogP contribution in [0, 0.1) is 0 Å². The molecule has 1 atom stereocenters. The highest BCUT2D eigenvalue weighted by atomic mass is 16.5. The third kappa shape index (κ3) is 2.18. The minimum atomic E-state index is -0.378. The summed E-state index contributed by atoms with van der Waals surface area (Å²) in [6, 6.07) is 7.85. The van der Waals surface area contributed by atoms with Crippen LogP contribution in [0.2, 0.25) is 0 Å². The molecule has 4 heteroatoms. The Kier molecular flexibility index (Phi) is 3.66. The summed E-state index contributed by atoms with van der Waals surface area (Å²) in [5, 5.41) is 3.44. The largest absolute Gasteiger partial charge is 0.491 e. The highest BCUT2D eigenvalue weighted by Gasteiger charge is 2.42. The summed E-state index contributed by atoms with van der Waals surface area (Å²) in [4.78, 5) is 15.0. The van der Waals surface area contributed by atoms with Crippen molar-refractivity contribution in [1.82, 2.24) is 5.32 Å². The summed E-state index contributed by atoms with van der Waals surface area (Å²) in [6.45, 7) is 4.44. The van der Waals surface area contributed by atoms with Gasteiger partial charge in [-0.2, -0.15) is 0 Å². The first kappa shape index (κ1) is 13.4. The molecule has 1 unspecified atom stereocenters. The second-order valence-electron chi connectivity index (χ2n) is 5.59. The van der Waals surface area contributed by atoms with Crippen LogP contribution in [-0.4, -0.2) is 31.1 Å². The molecule has 0 spiro atoms. The van der Waals surface area contributed by atoms with E-state index in [1.54, 1.807) is 0 Å².